The van der Waals surface area contributed by atoms with E-state index in [4.69, 9.17) is 16.2 Å². The van der Waals surface area contributed by atoms with E-state index < -0.39 is 0 Å². The second-order valence-corrected chi connectivity index (χ2v) is 5.07. The number of halogens is 1. The Morgan fingerprint density at radius 3 is 2.39 bits per heavy atom. The summed E-state index contributed by atoms with van der Waals surface area (Å²) in [5.41, 5.74) is 12.6. The number of nitrogens with zero attached hydrogens (tertiary/aromatic N) is 1. The molecule has 0 aromatic heterocycles. The fourth-order valence-electron chi connectivity index (χ4n) is 1.39. The minimum atomic E-state index is -0.236. The van der Waals surface area contributed by atoms with E-state index in [-0.39, 0.29) is 35.5 Å². The lowest BCUT2D eigenvalue weighted by Gasteiger charge is -2.23. The van der Waals surface area contributed by atoms with E-state index in [1.54, 1.807) is 0 Å². The average Bonchev–Trinajstić information content (AvgIpc) is 2.13. The van der Waals surface area contributed by atoms with Crippen LogP contribution < -0.4 is 16.2 Å². The van der Waals surface area contributed by atoms with E-state index in [1.165, 1.54) is 0 Å². The van der Waals surface area contributed by atoms with Gasteiger partial charge in [0.2, 0.25) is 0 Å². The highest BCUT2D eigenvalue weighted by atomic mass is 127. The summed E-state index contributed by atoms with van der Waals surface area (Å²) >= 11 is 0. The van der Waals surface area contributed by atoms with Gasteiger partial charge in [0.15, 0.2) is 5.96 Å². The molecule has 5 heteroatoms. The van der Waals surface area contributed by atoms with Gasteiger partial charge in [0, 0.05) is 5.56 Å². The summed E-state index contributed by atoms with van der Waals surface area (Å²) in [6.45, 7) is 8.51. The Kier molecular flexibility index (Phi) is 6.45. The number of hydrogen-bond acceptors (Lipinski definition) is 2. The molecule has 102 valence electrons. The molecule has 0 heterocycles. The third kappa shape index (κ3) is 6.09. The van der Waals surface area contributed by atoms with Gasteiger partial charge in [0.1, 0.15) is 11.4 Å². The summed E-state index contributed by atoms with van der Waals surface area (Å²) in [5, 5.41) is 0. The van der Waals surface area contributed by atoms with Crippen LogP contribution in [-0.2, 0) is 6.54 Å². The van der Waals surface area contributed by atoms with Crippen LogP contribution >= 0.6 is 24.0 Å². The van der Waals surface area contributed by atoms with E-state index in [9.17, 15) is 0 Å². The summed E-state index contributed by atoms with van der Waals surface area (Å²) in [4.78, 5) is 4.01. The van der Waals surface area contributed by atoms with E-state index in [0.717, 1.165) is 16.9 Å². The largest absolute Gasteiger partial charge is 0.488 e. The lowest BCUT2D eigenvalue weighted by molar-refractivity contribution is 0.129. The van der Waals surface area contributed by atoms with Gasteiger partial charge >= 0.3 is 0 Å². The Morgan fingerprint density at radius 1 is 1.28 bits per heavy atom. The van der Waals surface area contributed by atoms with Crippen molar-refractivity contribution >= 4 is 29.9 Å². The van der Waals surface area contributed by atoms with Gasteiger partial charge in [-0.1, -0.05) is 12.1 Å². The first-order chi connectivity index (χ1) is 7.78. The van der Waals surface area contributed by atoms with Crippen molar-refractivity contribution in [3.63, 3.8) is 0 Å². The van der Waals surface area contributed by atoms with Crippen LogP contribution in [0.5, 0.6) is 5.75 Å². The molecule has 4 nitrogen and oxygen atoms in total. The van der Waals surface area contributed by atoms with Gasteiger partial charge in [0.25, 0.3) is 0 Å². The molecule has 1 aromatic carbocycles. The molecule has 18 heavy (non-hydrogen) atoms. The highest BCUT2D eigenvalue weighted by Gasteiger charge is 2.14. The first-order valence-corrected chi connectivity index (χ1v) is 5.62. The zero-order valence-electron chi connectivity index (χ0n) is 11.4. The standard InChI is InChI=1S/C13H21N3O.HI/c1-9-5-6-10(8-16-12(14)15)11(7-9)17-13(2,3)4;/h5-7H,8H2,1-4H3,(H4,14,15,16);1H. The lowest BCUT2D eigenvalue weighted by Crippen LogP contribution is -2.24. The zero-order valence-corrected chi connectivity index (χ0v) is 13.7. The van der Waals surface area contributed by atoms with Gasteiger partial charge < -0.3 is 16.2 Å². The molecule has 0 aliphatic carbocycles. The van der Waals surface area contributed by atoms with Crippen molar-refractivity contribution in [3.05, 3.63) is 29.3 Å². The van der Waals surface area contributed by atoms with Gasteiger partial charge in [-0.2, -0.15) is 0 Å². The predicted molar refractivity (Wildman–Crippen MR) is 86.5 cm³/mol. The molecule has 0 fully saturated rings. The minimum Gasteiger partial charge on any atom is -0.488 e. The molecule has 0 amide bonds. The molecule has 0 saturated carbocycles. The number of hydrogen-bond donors (Lipinski definition) is 2. The third-order valence-corrected chi connectivity index (χ3v) is 2.07. The van der Waals surface area contributed by atoms with E-state index in [2.05, 4.69) is 4.99 Å². The molecule has 4 N–H and O–H groups in total. The zero-order chi connectivity index (χ0) is 13.1. The van der Waals surface area contributed by atoms with E-state index >= 15 is 0 Å². The first-order valence-electron chi connectivity index (χ1n) is 5.62. The molecule has 1 rings (SSSR count). The quantitative estimate of drug-likeness (QED) is 0.493. The van der Waals surface area contributed by atoms with Crippen LogP contribution in [-0.4, -0.2) is 11.6 Å². The summed E-state index contributed by atoms with van der Waals surface area (Å²) in [7, 11) is 0. The molecule has 0 spiro atoms. The van der Waals surface area contributed by atoms with Crippen LogP contribution in [0.1, 0.15) is 31.9 Å². The fraction of sp³-hybridized carbons (Fsp3) is 0.462. The van der Waals surface area contributed by atoms with Crippen LogP contribution in [0.3, 0.4) is 0 Å². The molecule has 0 aliphatic rings. The molecular weight excluding hydrogens is 341 g/mol. The Morgan fingerprint density at radius 2 is 1.89 bits per heavy atom. The van der Waals surface area contributed by atoms with Crippen molar-refractivity contribution in [2.75, 3.05) is 0 Å². The van der Waals surface area contributed by atoms with Gasteiger partial charge in [0.05, 0.1) is 6.54 Å². The SMILES string of the molecule is Cc1ccc(CN=C(N)N)c(OC(C)(C)C)c1.I. The van der Waals surface area contributed by atoms with Crippen molar-refractivity contribution in [3.8, 4) is 5.75 Å². The van der Waals surface area contributed by atoms with Crippen LogP contribution in [0.2, 0.25) is 0 Å². The highest BCUT2D eigenvalue weighted by Crippen LogP contribution is 2.25. The van der Waals surface area contributed by atoms with Crippen LogP contribution in [0, 0.1) is 6.92 Å². The summed E-state index contributed by atoms with van der Waals surface area (Å²) in [5.74, 6) is 0.926. The summed E-state index contributed by atoms with van der Waals surface area (Å²) in [6, 6.07) is 6.01. The van der Waals surface area contributed by atoms with Gasteiger partial charge in [-0.05, 0) is 39.3 Å². The third-order valence-electron chi connectivity index (χ3n) is 2.07. The van der Waals surface area contributed by atoms with Crippen molar-refractivity contribution in [1.82, 2.24) is 0 Å². The van der Waals surface area contributed by atoms with E-state index in [0.29, 0.717) is 6.54 Å². The number of benzene rings is 1. The van der Waals surface area contributed by atoms with Crippen molar-refractivity contribution in [2.24, 2.45) is 16.5 Å². The highest BCUT2D eigenvalue weighted by molar-refractivity contribution is 14.0. The Bertz CT molecular complexity index is 421. The Labute approximate surface area is 126 Å². The first kappa shape index (κ1) is 17.0. The second kappa shape index (κ2) is 6.82. The Hall–Kier alpha value is -0.980. The predicted octanol–water partition coefficient (Wildman–Crippen LogP) is 2.56. The van der Waals surface area contributed by atoms with Gasteiger partial charge in [-0.25, -0.2) is 4.99 Å². The minimum absolute atomic E-state index is 0. The maximum atomic E-state index is 5.90. The Balaban J connectivity index is 0.00000289. The molecule has 0 unspecified atom stereocenters. The number of aliphatic imine (C=N–C) groups is 1. The van der Waals surface area contributed by atoms with Crippen LogP contribution in [0.15, 0.2) is 23.2 Å². The number of nitrogens with two attached hydrogens (primary N) is 2. The summed E-state index contributed by atoms with van der Waals surface area (Å²) < 4.78 is 5.90. The number of guanidine groups is 1. The molecule has 0 saturated heterocycles. The van der Waals surface area contributed by atoms with Crippen molar-refractivity contribution in [2.45, 2.75) is 39.8 Å². The molecule has 0 bridgehead atoms. The monoisotopic (exact) mass is 363 g/mol. The smallest absolute Gasteiger partial charge is 0.186 e. The topological polar surface area (TPSA) is 73.6 Å². The molecule has 0 aliphatic heterocycles. The molecule has 0 atom stereocenters. The number of aryl methyl sites for hydroxylation is 1. The van der Waals surface area contributed by atoms with Crippen molar-refractivity contribution < 1.29 is 4.74 Å². The molecular formula is C13H22IN3O. The van der Waals surface area contributed by atoms with Crippen LogP contribution in [0.25, 0.3) is 0 Å². The lowest BCUT2D eigenvalue weighted by atomic mass is 10.1. The van der Waals surface area contributed by atoms with Gasteiger partial charge in [-0.3, -0.25) is 0 Å². The average molecular weight is 363 g/mol. The second-order valence-electron chi connectivity index (χ2n) is 5.07. The summed E-state index contributed by atoms with van der Waals surface area (Å²) in [6.07, 6.45) is 0. The maximum Gasteiger partial charge on any atom is 0.186 e. The van der Waals surface area contributed by atoms with Gasteiger partial charge in [-0.15, -0.1) is 24.0 Å². The fourth-order valence-corrected chi connectivity index (χ4v) is 1.39. The molecule has 0 radical (unpaired) electrons. The maximum absolute atomic E-state index is 5.90. The normalized spacial score (nSPS) is 10.4. The van der Waals surface area contributed by atoms with Crippen LogP contribution in [0.4, 0.5) is 0 Å². The van der Waals surface area contributed by atoms with Crippen molar-refractivity contribution in [1.29, 1.82) is 0 Å². The number of rotatable bonds is 3. The molecule has 1 aromatic rings. The van der Waals surface area contributed by atoms with E-state index in [1.807, 2.05) is 45.9 Å². The number of ether oxygens (including phenoxy) is 1.